The van der Waals surface area contributed by atoms with E-state index < -0.39 is 18.1 Å². The van der Waals surface area contributed by atoms with Gasteiger partial charge in [0.05, 0.1) is 0 Å². The van der Waals surface area contributed by atoms with Crippen molar-refractivity contribution in [2.45, 2.75) is 12.2 Å². The molecule has 0 fully saturated rings. The Morgan fingerprint density at radius 3 is 2.67 bits per heavy atom. The number of carbonyl (C=O) groups is 1. The third-order valence-electron chi connectivity index (χ3n) is 1.99. The highest BCUT2D eigenvalue weighted by Crippen LogP contribution is 2.17. The molecule has 0 saturated heterocycles. The van der Waals surface area contributed by atoms with Crippen molar-refractivity contribution in [1.29, 1.82) is 0 Å². The van der Waals surface area contributed by atoms with E-state index in [0.717, 1.165) is 0 Å². The zero-order valence-corrected chi connectivity index (χ0v) is 7.92. The average Bonchev–Trinajstić information content (AvgIpc) is 2.27. The van der Waals surface area contributed by atoms with Gasteiger partial charge in [0.1, 0.15) is 6.10 Å². The van der Waals surface area contributed by atoms with Crippen LogP contribution in [-0.4, -0.2) is 22.2 Å². The zero-order valence-electron chi connectivity index (χ0n) is 7.92. The number of aliphatic hydroxyl groups excluding tert-OH is 2. The Bertz CT molecular complexity index is 409. The van der Waals surface area contributed by atoms with Crippen LogP contribution in [0.15, 0.2) is 24.3 Å². The Hall–Kier alpha value is -1.83. The van der Waals surface area contributed by atoms with E-state index in [2.05, 4.69) is 5.92 Å². The molecular formula is C11H11NO3. The zero-order chi connectivity index (χ0) is 11.4. The van der Waals surface area contributed by atoms with Gasteiger partial charge in [-0.25, -0.2) is 0 Å². The third-order valence-corrected chi connectivity index (χ3v) is 1.99. The first-order valence-electron chi connectivity index (χ1n) is 4.28. The number of hydrogen-bond donors (Lipinski definition) is 3. The van der Waals surface area contributed by atoms with Gasteiger partial charge < -0.3 is 15.9 Å². The van der Waals surface area contributed by atoms with Crippen molar-refractivity contribution in [3.63, 3.8) is 0 Å². The number of amides is 1. The lowest BCUT2D eigenvalue weighted by atomic mass is 10.0. The fraction of sp³-hybridized carbons (Fsp3) is 0.182. The lowest BCUT2D eigenvalue weighted by Gasteiger charge is -2.15. The predicted octanol–water partition coefficient (Wildman–Crippen LogP) is -0.453. The van der Waals surface area contributed by atoms with E-state index in [0.29, 0.717) is 11.1 Å². The molecule has 4 nitrogen and oxygen atoms in total. The average molecular weight is 205 g/mol. The number of primary amides is 1. The van der Waals surface area contributed by atoms with Crippen LogP contribution in [0.5, 0.6) is 0 Å². The minimum absolute atomic E-state index is 0.358. The summed E-state index contributed by atoms with van der Waals surface area (Å²) in [5, 5.41) is 18.8. The number of benzene rings is 1. The Balaban J connectivity index is 2.96. The maximum atomic E-state index is 10.6. The predicted molar refractivity (Wildman–Crippen MR) is 54.5 cm³/mol. The highest BCUT2D eigenvalue weighted by Gasteiger charge is 2.23. The molecule has 0 radical (unpaired) electrons. The number of carbonyl (C=O) groups excluding carboxylic acids is 1. The van der Waals surface area contributed by atoms with Crippen molar-refractivity contribution < 1.29 is 15.0 Å². The first kappa shape index (κ1) is 11.2. The van der Waals surface area contributed by atoms with Crippen LogP contribution in [0.25, 0.3) is 0 Å². The fourth-order valence-electron chi connectivity index (χ4n) is 1.15. The van der Waals surface area contributed by atoms with Crippen LogP contribution < -0.4 is 5.73 Å². The van der Waals surface area contributed by atoms with Gasteiger partial charge >= 0.3 is 0 Å². The molecule has 4 N–H and O–H groups in total. The van der Waals surface area contributed by atoms with Crippen molar-refractivity contribution in [1.82, 2.24) is 0 Å². The Kier molecular flexibility index (Phi) is 3.45. The maximum Gasteiger partial charge on any atom is 0.249 e. The molecule has 78 valence electrons. The summed E-state index contributed by atoms with van der Waals surface area (Å²) in [6, 6.07) is 6.36. The molecule has 0 saturated carbocycles. The lowest BCUT2D eigenvalue weighted by Crippen LogP contribution is -2.33. The van der Waals surface area contributed by atoms with Crippen LogP contribution in [0.3, 0.4) is 0 Å². The molecular weight excluding hydrogens is 194 g/mol. The van der Waals surface area contributed by atoms with E-state index in [1.54, 1.807) is 18.2 Å². The van der Waals surface area contributed by atoms with Crippen LogP contribution in [0, 0.1) is 12.3 Å². The molecule has 2 atom stereocenters. The first-order valence-corrected chi connectivity index (χ1v) is 4.28. The molecule has 0 aromatic heterocycles. The van der Waals surface area contributed by atoms with Gasteiger partial charge in [-0.2, -0.15) is 0 Å². The monoisotopic (exact) mass is 205 g/mol. The molecule has 0 aliphatic heterocycles. The number of nitrogens with two attached hydrogens (primary N) is 1. The van der Waals surface area contributed by atoms with Gasteiger partial charge in [0.25, 0.3) is 0 Å². The molecule has 0 heterocycles. The van der Waals surface area contributed by atoms with Crippen molar-refractivity contribution in [2.24, 2.45) is 5.73 Å². The van der Waals surface area contributed by atoms with Crippen molar-refractivity contribution >= 4 is 5.91 Å². The largest absolute Gasteiger partial charge is 0.385 e. The van der Waals surface area contributed by atoms with Gasteiger partial charge in [-0.1, -0.05) is 18.1 Å². The van der Waals surface area contributed by atoms with E-state index in [-0.39, 0.29) is 0 Å². The summed E-state index contributed by atoms with van der Waals surface area (Å²) >= 11 is 0. The minimum atomic E-state index is -1.63. The number of terminal acetylenes is 1. The van der Waals surface area contributed by atoms with E-state index >= 15 is 0 Å². The Labute approximate surface area is 87.3 Å². The van der Waals surface area contributed by atoms with E-state index in [9.17, 15) is 15.0 Å². The van der Waals surface area contributed by atoms with Crippen molar-refractivity contribution in [3.8, 4) is 12.3 Å². The molecule has 1 amide bonds. The third kappa shape index (κ3) is 2.56. The first-order chi connectivity index (χ1) is 7.06. The highest BCUT2D eigenvalue weighted by molar-refractivity contribution is 5.79. The van der Waals surface area contributed by atoms with Crippen LogP contribution in [0.1, 0.15) is 17.2 Å². The quantitative estimate of drug-likeness (QED) is 0.584. The Morgan fingerprint density at radius 2 is 2.13 bits per heavy atom. The molecule has 2 unspecified atom stereocenters. The molecule has 0 bridgehead atoms. The maximum absolute atomic E-state index is 10.6. The summed E-state index contributed by atoms with van der Waals surface area (Å²) in [5.41, 5.74) is 5.77. The summed E-state index contributed by atoms with van der Waals surface area (Å²) in [6.07, 6.45) is 2.19. The van der Waals surface area contributed by atoms with Gasteiger partial charge in [0.15, 0.2) is 6.10 Å². The number of aliphatic hydroxyl groups is 2. The Morgan fingerprint density at radius 1 is 1.47 bits per heavy atom. The van der Waals surface area contributed by atoms with Crippen LogP contribution in [-0.2, 0) is 4.79 Å². The van der Waals surface area contributed by atoms with E-state index in [1.165, 1.54) is 6.07 Å². The van der Waals surface area contributed by atoms with Crippen LogP contribution in [0.2, 0.25) is 0 Å². The van der Waals surface area contributed by atoms with E-state index in [1.807, 2.05) is 0 Å². The van der Waals surface area contributed by atoms with Gasteiger partial charge in [-0.05, 0) is 17.7 Å². The summed E-state index contributed by atoms with van der Waals surface area (Å²) in [6.45, 7) is 0. The topological polar surface area (TPSA) is 83.6 Å². The number of rotatable bonds is 3. The van der Waals surface area contributed by atoms with Gasteiger partial charge in [-0.3, -0.25) is 4.79 Å². The summed E-state index contributed by atoms with van der Waals surface area (Å²) in [4.78, 5) is 10.6. The SMILES string of the molecule is C#Cc1cccc(C(O)C(O)C(N)=O)c1. The van der Waals surface area contributed by atoms with Gasteiger partial charge in [0.2, 0.25) is 5.91 Å². The lowest BCUT2D eigenvalue weighted by molar-refractivity contribution is -0.131. The van der Waals surface area contributed by atoms with Crippen LogP contribution >= 0.6 is 0 Å². The molecule has 1 rings (SSSR count). The number of hydrogen-bond acceptors (Lipinski definition) is 3. The minimum Gasteiger partial charge on any atom is -0.385 e. The van der Waals surface area contributed by atoms with E-state index in [4.69, 9.17) is 12.2 Å². The second-order valence-corrected chi connectivity index (χ2v) is 3.06. The van der Waals surface area contributed by atoms with Crippen LogP contribution in [0.4, 0.5) is 0 Å². The molecule has 1 aromatic carbocycles. The molecule has 0 spiro atoms. The molecule has 0 aliphatic carbocycles. The fourth-order valence-corrected chi connectivity index (χ4v) is 1.15. The molecule has 15 heavy (non-hydrogen) atoms. The highest BCUT2D eigenvalue weighted by atomic mass is 16.3. The normalized spacial score (nSPS) is 13.9. The second kappa shape index (κ2) is 4.60. The molecule has 4 heteroatoms. The van der Waals surface area contributed by atoms with Crippen molar-refractivity contribution in [2.75, 3.05) is 0 Å². The summed E-state index contributed by atoms with van der Waals surface area (Å²) < 4.78 is 0. The molecule has 1 aromatic rings. The van der Waals surface area contributed by atoms with Gasteiger partial charge in [-0.15, -0.1) is 6.42 Å². The summed E-state index contributed by atoms with van der Waals surface area (Å²) in [7, 11) is 0. The van der Waals surface area contributed by atoms with Gasteiger partial charge in [0, 0.05) is 5.56 Å². The second-order valence-electron chi connectivity index (χ2n) is 3.06. The standard InChI is InChI=1S/C11H11NO3/c1-2-7-4-3-5-8(6-7)9(13)10(14)11(12)15/h1,3-6,9-10,13-14H,(H2,12,15). The van der Waals surface area contributed by atoms with Crippen molar-refractivity contribution in [3.05, 3.63) is 35.4 Å². The summed E-state index contributed by atoms with van der Waals surface area (Å²) in [5.74, 6) is 1.40. The smallest absolute Gasteiger partial charge is 0.249 e. The molecule has 0 aliphatic rings.